The minimum absolute atomic E-state index is 1.15. The molecule has 0 heterocycles. The normalized spacial score (nSPS) is 11.0. The van der Waals surface area contributed by atoms with Crippen molar-refractivity contribution < 1.29 is 0 Å². The molecule has 0 aliphatic heterocycles. The first-order chi connectivity index (χ1) is 22.1. The number of benzene rings is 6. The van der Waals surface area contributed by atoms with Crippen molar-refractivity contribution in [2.45, 2.75) is 55.4 Å². The lowest BCUT2D eigenvalue weighted by Crippen LogP contribution is -2.13. The molecule has 0 N–H and O–H groups in total. The Hall–Kier alpha value is -5.08. The lowest BCUT2D eigenvalue weighted by atomic mass is 10.0. The Kier molecular flexibility index (Phi) is 8.56. The van der Waals surface area contributed by atoms with Crippen LogP contribution in [0.25, 0.3) is 11.1 Å². The Morgan fingerprint density at radius 3 is 0.739 bits per heavy atom. The van der Waals surface area contributed by atoms with Crippen molar-refractivity contribution in [3.63, 3.8) is 0 Å². The fourth-order valence-corrected chi connectivity index (χ4v) is 6.65. The van der Waals surface area contributed by atoms with Gasteiger partial charge in [-0.1, -0.05) is 95.1 Å². The van der Waals surface area contributed by atoms with Crippen LogP contribution in [-0.2, 0) is 0 Å². The molecular weight excluding hydrogens is 556 g/mol. The van der Waals surface area contributed by atoms with Crippen LogP contribution in [0.15, 0.2) is 121 Å². The standard InChI is InChI=1S/C44H44N2/c1-29-9-21-41(33(5)25-29)45(42-22-10-30(2)26-34(42)6)39-17-13-37(14-18-39)38-15-19-40(20-16-38)46(43-23-11-31(3)27-35(43)7)44-24-12-32(4)28-36(44)8/h9-28H,1-8H3. The molecule has 0 saturated carbocycles. The minimum atomic E-state index is 1.15. The third-order valence-electron chi connectivity index (χ3n) is 8.96. The van der Waals surface area contributed by atoms with Crippen molar-refractivity contribution in [2.24, 2.45) is 0 Å². The maximum Gasteiger partial charge on any atom is 0.0491 e. The van der Waals surface area contributed by atoms with Crippen LogP contribution in [-0.4, -0.2) is 0 Å². The topological polar surface area (TPSA) is 6.48 Å². The summed E-state index contributed by atoms with van der Waals surface area (Å²) in [7, 11) is 0. The minimum Gasteiger partial charge on any atom is -0.310 e. The van der Waals surface area contributed by atoms with Crippen molar-refractivity contribution >= 4 is 34.1 Å². The second-order valence-corrected chi connectivity index (χ2v) is 12.9. The third kappa shape index (κ3) is 6.21. The van der Waals surface area contributed by atoms with Crippen LogP contribution in [0.1, 0.15) is 44.5 Å². The molecule has 0 radical (unpaired) electrons. The zero-order valence-electron chi connectivity index (χ0n) is 28.4. The fraction of sp³-hybridized carbons (Fsp3) is 0.182. The number of aryl methyl sites for hydroxylation is 8. The quantitative estimate of drug-likeness (QED) is 0.180. The van der Waals surface area contributed by atoms with Crippen molar-refractivity contribution in [3.8, 4) is 11.1 Å². The predicted molar refractivity (Wildman–Crippen MR) is 199 cm³/mol. The van der Waals surface area contributed by atoms with Crippen LogP contribution in [0.5, 0.6) is 0 Å². The van der Waals surface area contributed by atoms with Crippen molar-refractivity contribution in [3.05, 3.63) is 166 Å². The average molecular weight is 601 g/mol. The van der Waals surface area contributed by atoms with E-state index < -0.39 is 0 Å². The molecule has 2 heteroatoms. The average Bonchev–Trinajstić information content (AvgIpc) is 3.02. The summed E-state index contributed by atoms with van der Waals surface area (Å²) >= 11 is 0. The maximum atomic E-state index is 2.39. The summed E-state index contributed by atoms with van der Waals surface area (Å²) in [6.45, 7) is 17.4. The summed E-state index contributed by atoms with van der Waals surface area (Å²) in [5.41, 5.74) is 19.6. The van der Waals surface area contributed by atoms with E-state index in [0.717, 1.165) is 11.4 Å². The second kappa shape index (κ2) is 12.7. The van der Waals surface area contributed by atoms with Gasteiger partial charge in [0.15, 0.2) is 0 Å². The van der Waals surface area contributed by atoms with Gasteiger partial charge in [0.2, 0.25) is 0 Å². The van der Waals surface area contributed by atoms with Crippen molar-refractivity contribution in [1.29, 1.82) is 0 Å². The third-order valence-corrected chi connectivity index (χ3v) is 8.96. The molecule has 6 rings (SSSR count). The van der Waals surface area contributed by atoms with Gasteiger partial charge in [0.05, 0.1) is 0 Å². The van der Waals surface area contributed by atoms with E-state index in [9.17, 15) is 0 Å². The molecule has 0 spiro atoms. The first kappa shape index (κ1) is 30.9. The predicted octanol–water partition coefficient (Wildman–Crippen LogP) is 12.8. The molecule has 0 aromatic heterocycles. The summed E-state index contributed by atoms with van der Waals surface area (Å²) in [6, 6.07) is 44.8. The molecule has 46 heavy (non-hydrogen) atoms. The van der Waals surface area contributed by atoms with Gasteiger partial charge in [0, 0.05) is 34.1 Å². The monoisotopic (exact) mass is 600 g/mol. The lowest BCUT2D eigenvalue weighted by Gasteiger charge is -2.29. The van der Waals surface area contributed by atoms with Gasteiger partial charge < -0.3 is 9.80 Å². The Morgan fingerprint density at radius 2 is 0.522 bits per heavy atom. The molecule has 230 valence electrons. The van der Waals surface area contributed by atoms with Crippen LogP contribution in [0.3, 0.4) is 0 Å². The van der Waals surface area contributed by atoms with E-state index in [0.29, 0.717) is 0 Å². The van der Waals surface area contributed by atoms with E-state index in [-0.39, 0.29) is 0 Å². The van der Waals surface area contributed by atoms with Crippen LogP contribution in [0.4, 0.5) is 34.1 Å². The highest BCUT2D eigenvalue weighted by atomic mass is 15.2. The molecular formula is C44H44N2. The summed E-state index contributed by atoms with van der Waals surface area (Å²) in [4.78, 5) is 4.78. The summed E-state index contributed by atoms with van der Waals surface area (Å²) in [6.07, 6.45) is 0. The fourth-order valence-electron chi connectivity index (χ4n) is 6.65. The lowest BCUT2D eigenvalue weighted by molar-refractivity contribution is 1.21. The Morgan fingerprint density at radius 1 is 0.283 bits per heavy atom. The first-order valence-corrected chi connectivity index (χ1v) is 16.2. The van der Waals surface area contributed by atoms with Gasteiger partial charge in [0.1, 0.15) is 0 Å². The molecule has 2 nitrogen and oxygen atoms in total. The maximum absolute atomic E-state index is 2.39. The second-order valence-electron chi connectivity index (χ2n) is 12.9. The largest absolute Gasteiger partial charge is 0.310 e. The molecule has 0 saturated heterocycles. The van der Waals surface area contributed by atoms with Gasteiger partial charge >= 0.3 is 0 Å². The van der Waals surface area contributed by atoms with Gasteiger partial charge in [-0.3, -0.25) is 0 Å². The Bertz CT molecular complexity index is 1760. The van der Waals surface area contributed by atoms with Crippen LogP contribution >= 0.6 is 0 Å². The van der Waals surface area contributed by atoms with Gasteiger partial charge in [-0.2, -0.15) is 0 Å². The summed E-state index contributed by atoms with van der Waals surface area (Å²) in [5, 5.41) is 0. The van der Waals surface area contributed by atoms with Crippen molar-refractivity contribution in [1.82, 2.24) is 0 Å². The van der Waals surface area contributed by atoms with E-state index >= 15 is 0 Å². The van der Waals surface area contributed by atoms with E-state index in [1.165, 1.54) is 78.4 Å². The number of anilines is 6. The SMILES string of the molecule is Cc1ccc(N(c2ccc(-c3ccc(N(c4ccc(C)cc4C)c4ccc(C)cc4C)cc3)cc2)c2ccc(C)cc2C)c(C)c1. The van der Waals surface area contributed by atoms with E-state index in [2.05, 4.69) is 187 Å². The molecule has 0 bridgehead atoms. The number of hydrogen-bond donors (Lipinski definition) is 0. The highest BCUT2D eigenvalue weighted by Crippen LogP contribution is 2.41. The smallest absolute Gasteiger partial charge is 0.0491 e. The van der Waals surface area contributed by atoms with Gasteiger partial charge in [-0.05, 0) is 137 Å². The molecule has 6 aromatic rings. The van der Waals surface area contributed by atoms with Crippen LogP contribution in [0, 0.1) is 55.4 Å². The van der Waals surface area contributed by atoms with E-state index in [1.54, 1.807) is 0 Å². The van der Waals surface area contributed by atoms with E-state index in [1.807, 2.05) is 0 Å². The Balaban J connectivity index is 1.37. The molecule has 0 amide bonds. The number of nitrogens with zero attached hydrogens (tertiary/aromatic N) is 2. The molecule has 0 atom stereocenters. The van der Waals surface area contributed by atoms with E-state index in [4.69, 9.17) is 0 Å². The van der Waals surface area contributed by atoms with Crippen molar-refractivity contribution in [2.75, 3.05) is 9.80 Å². The summed E-state index contributed by atoms with van der Waals surface area (Å²) in [5.74, 6) is 0. The van der Waals surface area contributed by atoms with Crippen LogP contribution in [0.2, 0.25) is 0 Å². The van der Waals surface area contributed by atoms with Crippen LogP contribution < -0.4 is 9.80 Å². The summed E-state index contributed by atoms with van der Waals surface area (Å²) < 4.78 is 0. The number of rotatable bonds is 7. The Labute approximate surface area is 275 Å². The number of hydrogen-bond acceptors (Lipinski definition) is 2. The van der Waals surface area contributed by atoms with Gasteiger partial charge in [-0.15, -0.1) is 0 Å². The zero-order chi connectivity index (χ0) is 32.5. The van der Waals surface area contributed by atoms with Gasteiger partial charge in [-0.25, -0.2) is 0 Å². The highest BCUT2D eigenvalue weighted by molar-refractivity contribution is 5.83. The zero-order valence-corrected chi connectivity index (χ0v) is 28.4. The molecule has 6 aromatic carbocycles. The van der Waals surface area contributed by atoms with Gasteiger partial charge in [0.25, 0.3) is 0 Å². The molecule has 0 unspecified atom stereocenters. The molecule has 0 aliphatic carbocycles. The first-order valence-electron chi connectivity index (χ1n) is 16.2. The highest BCUT2D eigenvalue weighted by Gasteiger charge is 2.19. The molecule has 0 fully saturated rings. The molecule has 0 aliphatic rings.